The van der Waals surface area contributed by atoms with Crippen LogP contribution in [0.5, 0.6) is 0 Å². The van der Waals surface area contributed by atoms with Crippen LogP contribution in [0.3, 0.4) is 0 Å². The molecule has 1 amide bonds. The van der Waals surface area contributed by atoms with Crippen LogP contribution in [0.25, 0.3) is 6.08 Å². The molecule has 0 N–H and O–H groups in total. The van der Waals surface area contributed by atoms with E-state index < -0.39 is 0 Å². The number of hydrogen-bond acceptors (Lipinski definition) is 4. The van der Waals surface area contributed by atoms with Gasteiger partial charge in [-0.05, 0) is 59.1 Å². The Morgan fingerprint density at radius 2 is 2.05 bits per heavy atom. The van der Waals surface area contributed by atoms with Crippen LogP contribution >= 0.6 is 39.9 Å². The summed E-state index contributed by atoms with van der Waals surface area (Å²) in [5.41, 5.74) is 2.95. The van der Waals surface area contributed by atoms with Crippen LogP contribution in [-0.2, 0) is 4.79 Å². The average molecular weight is 394 g/mol. The van der Waals surface area contributed by atoms with Gasteiger partial charge in [0, 0.05) is 6.08 Å². The molecular weight excluding hydrogens is 382 g/mol. The molecule has 1 aromatic carbocycles. The van der Waals surface area contributed by atoms with Gasteiger partial charge >= 0.3 is 0 Å². The van der Waals surface area contributed by atoms with Crippen LogP contribution < -0.4 is 4.90 Å². The Labute approximate surface area is 146 Å². The highest BCUT2D eigenvalue weighted by Gasteiger charge is 2.34. The monoisotopic (exact) mass is 393 g/mol. The number of halogens is 1. The topological polar surface area (TPSA) is 33.5 Å². The van der Waals surface area contributed by atoms with Gasteiger partial charge in [0.25, 0.3) is 5.91 Å². The Morgan fingerprint density at radius 3 is 2.73 bits per heavy atom. The van der Waals surface area contributed by atoms with Crippen LogP contribution in [0.1, 0.15) is 16.9 Å². The first kappa shape index (κ1) is 15.5. The summed E-state index contributed by atoms with van der Waals surface area (Å²) in [6, 6.07) is 9.58. The normalized spacial score (nSPS) is 16.9. The molecule has 1 saturated heterocycles. The summed E-state index contributed by atoms with van der Waals surface area (Å²) >= 11 is 9.93. The maximum atomic E-state index is 12.7. The summed E-state index contributed by atoms with van der Waals surface area (Å²) < 4.78 is 6.59. The number of benzene rings is 1. The van der Waals surface area contributed by atoms with Crippen molar-refractivity contribution in [1.82, 2.24) is 0 Å². The molecular formula is C16H12BrNO2S2. The third kappa shape index (κ3) is 2.91. The van der Waals surface area contributed by atoms with Crippen molar-refractivity contribution in [3.8, 4) is 0 Å². The van der Waals surface area contributed by atoms with E-state index in [1.807, 2.05) is 32.0 Å². The van der Waals surface area contributed by atoms with E-state index in [0.29, 0.717) is 19.7 Å². The van der Waals surface area contributed by atoms with E-state index in [9.17, 15) is 4.79 Å². The number of thioether (sulfide) groups is 1. The van der Waals surface area contributed by atoms with E-state index in [1.54, 1.807) is 23.1 Å². The van der Waals surface area contributed by atoms with Crippen LogP contribution in [0, 0.1) is 13.8 Å². The molecule has 0 atom stereocenters. The number of carbonyl (C=O) groups is 1. The Kier molecular flexibility index (Phi) is 4.25. The fraction of sp³-hybridized carbons (Fsp3) is 0.125. The van der Waals surface area contributed by atoms with Gasteiger partial charge in [-0.25, -0.2) is 0 Å². The van der Waals surface area contributed by atoms with E-state index in [0.717, 1.165) is 16.8 Å². The van der Waals surface area contributed by atoms with Gasteiger partial charge in [-0.3, -0.25) is 9.69 Å². The molecule has 0 spiro atoms. The minimum atomic E-state index is -0.115. The molecule has 3 rings (SSSR count). The van der Waals surface area contributed by atoms with Crippen molar-refractivity contribution in [2.24, 2.45) is 0 Å². The van der Waals surface area contributed by atoms with Crippen molar-refractivity contribution in [2.45, 2.75) is 13.8 Å². The van der Waals surface area contributed by atoms with Crippen LogP contribution in [0.15, 0.2) is 44.3 Å². The summed E-state index contributed by atoms with van der Waals surface area (Å²) in [5, 5.41) is 0. The summed E-state index contributed by atoms with van der Waals surface area (Å²) in [6.45, 7) is 3.97. The molecule has 2 aromatic rings. The van der Waals surface area contributed by atoms with Crippen molar-refractivity contribution in [3.05, 3.63) is 56.8 Å². The number of anilines is 1. The first-order valence-electron chi connectivity index (χ1n) is 6.56. The van der Waals surface area contributed by atoms with Crippen LogP contribution in [-0.4, -0.2) is 10.2 Å². The SMILES string of the molecule is Cc1ccc(C)c(N2C(=O)/C(=C/c3ccc(Br)o3)SC2=S)c1. The lowest BCUT2D eigenvalue weighted by atomic mass is 10.1. The highest BCUT2D eigenvalue weighted by Crippen LogP contribution is 2.37. The van der Waals surface area contributed by atoms with Crippen LogP contribution in [0.2, 0.25) is 0 Å². The maximum Gasteiger partial charge on any atom is 0.270 e. The molecule has 3 nitrogen and oxygen atoms in total. The highest BCUT2D eigenvalue weighted by molar-refractivity contribution is 9.10. The third-order valence-electron chi connectivity index (χ3n) is 3.27. The highest BCUT2D eigenvalue weighted by atomic mass is 79.9. The van der Waals surface area contributed by atoms with E-state index in [-0.39, 0.29) is 5.91 Å². The number of hydrogen-bond donors (Lipinski definition) is 0. The Bertz CT molecular complexity index is 810. The smallest absolute Gasteiger partial charge is 0.270 e. The van der Waals surface area contributed by atoms with Crippen molar-refractivity contribution >= 4 is 61.9 Å². The standard InChI is InChI=1S/C16H12BrNO2S2/c1-9-3-4-10(2)12(7-9)18-15(19)13(22-16(18)21)8-11-5-6-14(17)20-11/h3-8H,1-2H3/b13-8-. The largest absolute Gasteiger partial charge is 0.450 e. The molecule has 0 unspecified atom stereocenters. The Morgan fingerprint density at radius 1 is 1.27 bits per heavy atom. The van der Waals surface area contributed by atoms with Gasteiger partial charge in [-0.15, -0.1) is 0 Å². The zero-order valence-electron chi connectivity index (χ0n) is 11.9. The lowest BCUT2D eigenvalue weighted by molar-refractivity contribution is -0.113. The summed E-state index contributed by atoms with van der Waals surface area (Å²) in [4.78, 5) is 14.8. The first-order valence-corrected chi connectivity index (χ1v) is 8.58. The molecule has 1 aliphatic rings. The summed E-state index contributed by atoms with van der Waals surface area (Å²) in [5.74, 6) is 0.504. The molecule has 2 heterocycles. The van der Waals surface area contributed by atoms with Gasteiger partial charge in [0.05, 0.1) is 10.6 Å². The number of thiocarbonyl (C=S) groups is 1. The third-order valence-corrected chi connectivity index (χ3v) is 4.99. The molecule has 0 saturated carbocycles. The van der Waals surface area contributed by atoms with Crippen molar-refractivity contribution < 1.29 is 9.21 Å². The predicted octanol–water partition coefficient (Wildman–Crippen LogP) is 5.06. The molecule has 0 bridgehead atoms. The molecule has 0 aliphatic carbocycles. The van der Waals surface area contributed by atoms with Crippen molar-refractivity contribution in [2.75, 3.05) is 4.90 Å². The zero-order valence-corrected chi connectivity index (χ0v) is 15.1. The molecule has 112 valence electrons. The van der Waals surface area contributed by atoms with E-state index in [1.165, 1.54) is 11.8 Å². The van der Waals surface area contributed by atoms with Gasteiger partial charge in [0.15, 0.2) is 8.99 Å². The first-order chi connectivity index (χ1) is 10.5. The second-order valence-electron chi connectivity index (χ2n) is 4.95. The van der Waals surface area contributed by atoms with E-state index in [4.69, 9.17) is 16.6 Å². The number of carbonyl (C=O) groups excluding carboxylic acids is 1. The Hall–Kier alpha value is -1.37. The van der Waals surface area contributed by atoms with Gasteiger partial charge < -0.3 is 4.42 Å². The second kappa shape index (κ2) is 6.02. The van der Waals surface area contributed by atoms with E-state index >= 15 is 0 Å². The van der Waals surface area contributed by atoms with Gasteiger partial charge in [0.2, 0.25) is 0 Å². The quantitative estimate of drug-likeness (QED) is 0.526. The molecule has 1 aliphatic heterocycles. The number of rotatable bonds is 2. The van der Waals surface area contributed by atoms with E-state index in [2.05, 4.69) is 15.9 Å². The fourth-order valence-electron chi connectivity index (χ4n) is 2.17. The molecule has 6 heteroatoms. The van der Waals surface area contributed by atoms with Crippen LogP contribution in [0.4, 0.5) is 5.69 Å². The zero-order chi connectivity index (χ0) is 15.9. The van der Waals surface area contributed by atoms with Crippen molar-refractivity contribution in [3.63, 3.8) is 0 Å². The summed E-state index contributed by atoms with van der Waals surface area (Å²) in [6.07, 6.45) is 1.72. The minimum Gasteiger partial charge on any atom is -0.450 e. The minimum absolute atomic E-state index is 0.115. The molecule has 22 heavy (non-hydrogen) atoms. The average Bonchev–Trinajstić information content (AvgIpc) is 2.98. The molecule has 0 radical (unpaired) electrons. The Balaban J connectivity index is 1.98. The maximum absolute atomic E-state index is 12.7. The van der Waals surface area contributed by atoms with Crippen molar-refractivity contribution in [1.29, 1.82) is 0 Å². The lowest BCUT2D eigenvalue weighted by Gasteiger charge is -2.17. The second-order valence-corrected chi connectivity index (χ2v) is 7.41. The number of aryl methyl sites for hydroxylation is 2. The lowest BCUT2D eigenvalue weighted by Crippen LogP contribution is -2.28. The van der Waals surface area contributed by atoms with Gasteiger partial charge in [0.1, 0.15) is 5.76 Å². The molecule has 1 fully saturated rings. The van der Waals surface area contributed by atoms with Gasteiger partial charge in [-0.2, -0.15) is 0 Å². The number of furan rings is 1. The number of nitrogens with zero attached hydrogens (tertiary/aromatic N) is 1. The van der Waals surface area contributed by atoms with Gasteiger partial charge in [-0.1, -0.05) is 36.1 Å². The molecule has 1 aromatic heterocycles. The summed E-state index contributed by atoms with van der Waals surface area (Å²) in [7, 11) is 0. The fourth-order valence-corrected chi connectivity index (χ4v) is 3.75. The number of amides is 1. The predicted molar refractivity (Wildman–Crippen MR) is 98.0 cm³/mol.